The van der Waals surface area contributed by atoms with Crippen LogP contribution in [0.2, 0.25) is 0 Å². The van der Waals surface area contributed by atoms with Crippen LogP contribution in [0, 0.1) is 52.3 Å². The lowest BCUT2D eigenvalue weighted by molar-refractivity contribution is -0.188. The lowest BCUT2D eigenvalue weighted by Gasteiger charge is -2.62. The zero-order chi connectivity index (χ0) is 23.2. The molecule has 0 aromatic rings. The van der Waals surface area contributed by atoms with Crippen LogP contribution < -0.4 is 0 Å². The summed E-state index contributed by atoms with van der Waals surface area (Å²) in [6, 6.07) is 0. The first kappa shape index (κ1) is 23.0. The highest BCUT2D eigenvalue weighted by Gasteiger charge is 2.68. The molecule has 0 amide bonds. The highest BCUT2D eigenvalue weighted by atomic mass is 16.5. The SMILES string of the molecule is CC(C)C(=O)C1C[C@@H](C)[C@H]2[C@H](C[C@H]3[C@@H]4CC(=O)[C@@H]5C[C@@H](O)CC[C@]5(C)[C@H]4[C@H](O)C[C@]23C)O1. The van der Waals surface area contributed by atoms with Gasteiger partial charge in [-0.1, -0.05) is 34.6 Å². The van der Waals surface area contributed by atoms with Gasteiger partial charge in [0.25, 0.3) is 0 Å². The minimum absolute atomic E-state index is 0.0243. The highest BCUT2D eigenvalue weighted by molar-refractivity contribution is 5.85. The van der Waals surface area contributed by atoms with Gasteiger partial charge in [-0.3, -0.25) is 9.59 Å². The quantitative estimate of drug-likeness (QED) is 0.674. The number of aliphatic hydroxyl groups excluding tert-OH is 2. The predicted molar refractivity (Wildman–Crippen MR) is 121 cm³/mol. The number of carbonyl (C=O) groups excluding carboxylic acids is 2. The van der Waals surface area contributed by atoms with Crippen LogP contribution in [0.15, 0.2) is 0 Å². The monoisotopic (exact) mass is 446 g/mol. The summed E-state index contributed by atoms with van der Waals surface area (Å²) in [6.07, 6.45) is 3.96. The minimum Gasteiger partial charge on any atom is -0.393 e. The zero-order valence-electron chi connectivity index (χ0n) is 20.4. The van der Waals surface area contributed by atoms with Gasteiger partial charge in [0.1, 0.15) is 11.9 Å². The summed E-state index contributed by atoms with van der Waals surface area (Å²) < 4.78 is 6.50. The van der Waals surface area contributed by atoms with Gasteiger partial charge in [-0.25, -0.2) is 0 Å². The van der Waals surface area contributed by atoms with Crippen LogP contribution in [-0.2, 0) is 14.3 Å². The van der Waals surface area contributed by atoms with E-state index < -0.39 is 12.2 Å². The molecule has 1 saturated heterocycles. The van der Waals surface area contributed by atoms with E-state index in [0.29, 0.717) is 36.4 Å². The summed E-state index contributed by atoms with van der Waals surface area (Å²) in [5.41, 5.74) is -0.287. The average Bonchev–Trinajstić information content (AvgIpc) is 3.01. The van der Waals surface area contributed by atoms with E-state index in [1.165, 1.54) is 0 Å². The molecule has 4 saturated carbocycles. The van der Waals surface area contributed by atoms with E-state index in [0.717, 1.165) is 32.1 Å². The van der Waals surface area contributed by atoms with Gasteiger partial charge in [0, 0.05) is 18.3 Å². The molecule has 180 valence electrons. The van der Waals surface area contributed by atoms with Crippen LogP contribution in [0.25, 0.3) is 0 Å². The third-order valence-electron chi connectivity index (χ3n) is 10.9. The van der Waals surface area contributed by atoms with E-state index >= 15 is 0 Å². The van der Waals surface area contributed by atoms with Crippen LogP contribution in [0.1, 0.15) is 79.6 Å². The molecule has 5 heteroatoms. The van der Waals surface area contributed by atoms with Crippen molar-refractivity contribution < 1.29 is 24.5 Å². The Morgan fingerprint density at radius 3 is 2.50 bits per heavy atom. The fourth-order valence-electron chi connectivity index (χ4n) is 9.65. The summed E-state index contributed by atoms with van der Waals surface area (Å²) in [7, 11) is 0. The Hall–Kier alpha value is -0.780. The summed E-state index contributed by atoms with van der Waals surface area (Å²) in [6.45, 7) is 10.7. The number of hydrogen-bond acceptors (Lipinski definition) is 5. The maximum atomic E-state index is 13.4. The van der Waals surface area contributed by atoms with E-state index in [1.54, 1.807) is 0 Å². The Morgan fingerprint density at radius 2 is 1.81 bits per heavy atom. The van der Waals surface area contributed by atoms with Gasteiger partial charge in [-0.2, -0.15) is 0 Å². The number of aliphatic hydroxyl groups is 2. The number of hydrogen-bond donors (Lipinski definition) is 2. The van der Waals surface area contributed by atoms with Gasteiger partial charge in [-0.05, 0) is 78.9 Å². The van der Waals surface area contributed by atoms with Gasteiger partial charge in [0.2, 0.25) is 0 Å². The first-order chi connectivity index (χ1) is 15.0. The third kappa shape index (κ3) is 3.13. The Bertz CT molecular complexity index is 793. The second kappa shape index (κ2) is 7.61. The van der Waals surface area contributed by atoms with E-state index in [9.17, 15) is 19.8 Å². The zero-order valence-corrected chi connectivity index (χ0v) is 20.4. The second-order valence-corrected chi connectivity index (χ2v) is 12.9. The van der Waals surface area contributed by atoms with Gasteiger partial charge in [0.15, 0.2) is 5.78 Å². The first-order valence-electron chi connectivity index (χ1n) is 13.1. The predicted octanol–water partition coefficient (Wildman–Crippen LogP) is 3.78. The fourth-order valence-corrected chi connectivity index (χ4v) is 9.65. The molecule has 5 nitrogen and oxygen atoms in total. The first-order valence-corrected chi connectivity index (χ1v) is 13.1. The van der Waals surface area contributed by atoms with E-state index in [4.69, 9.17) is 4.74 Å². The lowest BCUT2D eigenvalue weighted by atomic mass is 9.43. The molecule has 1 aliphatic heterocycles. The van der Waals surface area contributed by atoms with E-state index in [1.807, 2.05) is 13.8 Å². The Morgan fingerprint density at radius 1 is 1.09 bits per heavy atom. The van der Waals surface area contributed by atoms with Gasteiger partial charge in [0.05, 0.1) is 18.3 Å². The lowest BCUT2D eigenvalue weighted by Crippen LogP contribution is -2.61. The second-order valence-electron chi connectivity index (χ2n) is 12.9. The smallest absolute Gasteiger partial charge is 0.164 e. The molecular formula is C27H42O5. The van der Waals surface area contributed by atoms with Crippen LogP contribution in [0.4, 0.5) is 0 Å². The molecule has 4 aliphatic carbocycles. The topological polar surface area (TPSA) is 83.8 Å². The van der Waals surface area contributed by atoms with Crippen molar-refractivity contribution in [2.45, 2.75) is 104 Å². The molecule has 5 rings (SSSR count). The van der Waals surface area contributed by atoms with Crippen molar-refractivity contribution in [3.8, 4) is 0 Å². The van der Waals surface area contributed by atoms with Crippen molar-refractivity contribution in [1.82, 2.24) is 0 Å². The normalized spacial score (nSPS) is 55.1. The Kier molecular flexibility index (Phi) is 5.47. The fraction of sp³-hybridized carbons (Fsp3) is 0.926. The summed E-state index contributed by atoms with van der Waals surface area (Å²) in [4.78, 5) is 26.1. The Labute approximate surface area is 192 Å². The average molecular weight is 447 g/mol. The molecule has 0 aromatic heterocycles. The molecule has 0 aromatic carbocycles. The number of ketones is 2. The largest absolute Gasteiger partial charge is 0.393 e. The highest BCUT2D eigenvalue weighted by Crippen LogP contribution is 2.68. The number of Topliss-reactive ketones (excluding diaryl/α,β-unsaturated/α-hetero) is 2. The minimum atomic E-state index is -0.418. The molecule has 5 fully saturated rings. The molecule has 2 N–H and O–H groups in total. The summed E-state index contributed by atoms with van der Waals surface area (Å²) >= 11 is 0. The molecule has 5 aliphatic rings. The standard InChI is InChI=1S/C27H42O5/c1-13(2)25(31)22-8-14(3)23-21(32-22)11-17-16-10-19(29)18-9-15(28)6-7-26(18,4)24(16)20(30)12-27(17,23)5/h13-18,20-24,28,30H,6-12H2,1-5H3/t14-,15+,16+,17+,18+,20-,21+,22?,23+,24-,26+,27+/m1/s1. The van der Waals surface area contributed by atoms with Crippen LogP contribution in [0.3, 0.4) is 0 Å². The molecule has 12 atom stereocenters. The molecule has 32 heavy (non-hydrogen) atoms. The van der Waals surface area contributed by atoms with Crippen molar-refractivity contribution in [2.24, 2.45) is 52.3 Å². The molecular weight excluding hydrogens is 404 g/mol. The van der Waals surface area contributed by atoms with E-state index in [2.05, 4.69) is 20.8 Å². The van der Waals surface area contributed by atoms with Crippen LogP contribution in [0.5, 0.6) is 0 Å². The number of fused-ring (bicyclic) bond motifs is 7. The van der Waals surface area contributed by atoms with Crippen molar-refractivity contribution in [1.29, 1.82) is 0 Å². The van der Waals surface area contributed by atoms with Gasteiger partial charge >= 0.3 is 0 Å². The van der Waals surface area contributed by atoms with Crippen LogP contribution >= 0.6 is 0 Å². The number of ether oxygens (including phenoxy) is 1. The molecule has 1 heterocycles. The Balaban J connectivity index is 1.47. The summed E-state index contributed by atoms with van der Waals surface area (Å²) in [5, 5.41) is 21.8. The summed E-state index contributed by atoms with van der Waals surface area (Å²) in [5.74, 6) is 1.67. The molecule has 0 bridgehead atoms. The third-order valence-corrected chi connectivity index (χ3v) is 10.9. The maximum Gasteiger partial charge on any atom is 0.164 e. The molecule has 0 radical (unpaired) electrons. The van der Waals surface area contributed by atoms with Crippen molar-refractivity contribution in [3.63, 3.8) is 0 Å². The number of carbonyl (C=O) groups is 2. The van der Waals surface area contributed by atoms with Crippen molar-refractivity contribution in [3.05, 3.63) is 0 Å². The molecule has 1 unspecified atom stereocenters. The maximum absolute atomic E-state index is 13.4. The van der Waals surface area contributed by atoms with Crippen molar-refractivity contribution >= 4 is 11.6 Å². The van der Waals surface area contributed by atoms with Gasteiger partial charge < -0.3 is 14.9 Å². The van der Waals surface area contributed by atoms with Crippen LogP contribution in [-0.4, -0.2) is 46.2 Å². The van der Waals surface area contributed by atoms with Crippen molar-refractivity contribution in [2.75, 3.05) is 0 Å². The van der Waals surface area contributed by atoms with Gasteiger partial charge in [-0.15, -0.1) is 0 Å². The number of rotatable bonds is 2. The van der Waals surface area contributed by atoms with E-state index in [-0.39, 0.29) is 52.5 Å². The molecule has 0 spiro atoms.